The molecule has 0 radical (unpaired) electrons. The highest BCUT2D eigenvalue weighted by molar-refractivity contribution is 5.56. The maximum Gasteiger partial charge on any atom is 0.276 e. The Labute approximate surface area is 107 Å². The standard InChI is InChI=1S/C12H20N4O2/c1-5-9(3)15(6-2)12-8-10(16(17)18)7-11(13-4)14-12/h7-9H,5-6H2,1-4H3,(H,13,14). The first-order valence-corrected chi connectivity index (χ1v) is 6.14. The predicted molar refractivity (Wildman–Crippen MR) is 73.2 cm³/mol. The Morgan fingerprint density at radius 2 is 2.17 bits per heavy atom. The summed E-state index contributed by atoms with van der Waals surface area (Å²) in [4.78, 5) is 17.0. The van der Waals surface area contributed by atoms with Gasteiger partial charge in [-0.05, 0) is 20.3 Å². The van der Waals surface area contributed by atoms with Gasteiger partial charge in [-0.1, -0.05) is 6.92 Å². The van der Waals surface area contributed by atoms with E-state index in [1.807, 2.05) is 6.92 Å². The SMILES string of the molecule is CCC(C)N(CC)c1cc([N+](=O)[O-])cc(NC)n1. The van der Waals surface area contributed by atoms with Crippen LogP contribution in [0, 0.1) is 10.1 Å². The maximum absolute atomic E-state index is 10.9. The van der Waals surface area contributed by atoms with Gasteiger partial charge in [-0.15, -0.1) is 0 Å². The molecule has 1 unspecified atom stereocenters. The van der Waals surface area contributed by atoms with Crippen molar-refractivity contribution >= 4 is 17.3 Å². The van der Waals surface area contributed by atoms with Gasteiger partial charge in [-0.3, -0.25) is 10.1 Å². The minimum absolute atomic E-state index is 0.0612. The van der Waals surface area contributed by atoms with Gasteiger partial charge < -0.3 is 10.2 Å². The lowest BCUT2D eigenvalue weighted by Gasteiger charge is -2.28. The minimum atomic E-state index is -0.392. The molecule has 1 rings (SSSR count). The van der Waals surface area contributed by atoms with Crippen LogP contribution in [0.1, 0.15) is 27.2 Å². The molecule has 0 saturated carbocycles. The van der Waals surface area contributed by atoms with Crippen LogP contribution < -0.4 is 10.2 Å². The second kappa shape index (κ2) is 6.18. The van der Waals surface area contributed by atoms with Crippen LogP contribution >= 0.6 is 0 Å². The van der Waals surface area contributed by atoms with Gasteiger partial charge in [0.1, 0.15) is 11.6 Å². The average Bonchev–Trinajstić information content (AvgIpc) is 2.38. The van der Waals surface area contributed by atoms with Crippen molar-refractivity contribution in [1.82, 2.24) is 4.98 Å². The lowest BCUT2D eigenvalue weighted by Crippen LogP contribution is -2.33. The van der Waals surface area contributed by atoms with E-state index in [2.05, 4.69) is 29.0 Å². The molecule has 1 atom stereocenters. The quantitative estimate of drug-likeness (QED) is 0.622. The minimum Gasteiger partial charge on any atom is -0.373 e. The summed E-state index contributed by atoms with van der Waals surface area (Å²) in [7, 11) is 1.70. The zero-order valence-electron chi connectivity index (χ0n) is 11.3. The Morgan fingerprint density at radius 3 is 2.61 bits per heavy atom. The number of nitrogens with zero attached hydrogens (tertiary/aromatic N) is 3. The highest BCUT2D eigenvalue weighted by Crippen LogP contribution is 2.24. The van der Waals surface area contributed by atoms with E-state index in [9.17, 15) is 10.1 Å². The zero-order chi connectivity index (χ0) is 13.7. The van der Waals surface area contributed by atoms with Crippen LogP contribution in [0.25, 0.3) is 0 Å². The Balaban J connectivity index is 3.20. The van der Waals surface area contributed by atoms with E-state index in [1.54, 1.807) is 7.05 Å². The summed E-state index contributed by atoms with van der Waals surface area (Å²) >= 11 is 0. The number of anilines is 2. The number of nitro groups is 1. The van der Waals surface area contributed by atoms with Crippen molar-refractivity contribution < 1.29 is 4.92 Å². The molecule has 0 amide bonds. The molecule has 1 heterocycles. The second-order valence-electron chi connectivity index (χ2n) is 4.12. The molecule has 6 heteroatoms. The fourth-order valence-corrected chi connectivity index (χ4v) is 1.80. The van der Waals surface area contributed by atoms with Crippen LogP contribution in [0.5, 0.6) is 0 Å². The van der Waals surface area contributed by atoms with Gasteiger partial charge >= 0.3 is 0 Å². The molecule has 100 valence electrons. The molecule has 1 aromatic heterocycles. The molecule has 1 N–H and O–H groups in total. The summed E-state index contributed by atoms with van der Waals surface area (Å²) in [6.07, 6.45) is 0.965. The van der Waals surface area contributed by atoms with E-state index >= 15 is 0 Å². The number of hydrogen-bond donors (Lipinski definition) is 1. The third kappa shape index (κ3) is 3.09. The Hall–Kier alpha value is -1.85. The first kappa shape index (κ1) is 14.2. The van der Waals surface area contributed by atoms with Gasteiger partial charge in [0.25, 0.3) is 5.69 Å². The van der Waals surface area contributed by atoms with Crippen molar-refractivity contribution in [1.29, 1.82) is 0 Å². The summed E-state index contributed by atoms with van der Waals surface area (Å²) in [6, 6.07) is 3.26. The molecular weight excluding hydrogens is 232 g/mol. The normalized spacial score (nSPS) is 12.0. The van der Waals surface area contributed by atoms with Crippen molar-refractivity contribution in [2.45, 2.75) is 33.2 Å². The van der Waals surface area contributed by atoms with Crippen molar-refractivity contribution in [3.63, 3.8) is 0 Å². The van der Waals surface area contributed by atoms with Crippen LogP contribution in [0.2, 0.25) is 0 Å². The molecule has 0 aromatic carbocycles. The molecule has 0 bridgehead atoms. The van der Waals surface area contributed by atoms with E-state index in [-0.39, 0.29) is 5.69 Å². The Kier molecular flexibility index (Phi) is 4.88. The molecular formula is C12H20N4O2. The van der Waals surface area contributed by atoms with Crippen LogP contribution in [0.4, 0.5) is 17.3 Å². The molecule has 0 saturated heterocycles. The van der Waals surface area contributed by atoms with E-state index in [1.165, 1.54) is 12.1 Å². The van der Waals surface area contributed by atoms with Crippen LogP contribution in [-0.4, -0.2) is 29.5 Å². The average molecular weight is 252 g/mol. The van der Waals surface area contributed by atoms with Crippen molar-refractivity contribution in [3.8, 4) is 0 Å². The van der Waals surface area contributed by atoms with Gasteiger partial charge in [0, 0.05) is 19.6 Å². The molecule has 0 aliphatic heterocycles. The third-order valence-electron chi connectivity index (χ3n) is 3.02. The fraction of sp³-hybridized carbons (Fsp3) is 0.583. The van der Waals surface area contributed by atoms with E-state index in [0.29, 0.717) is 17.7 Å². The predicted octanol–water partition coefficient (Wildman–Crippen LogP) is 2.66. The summed E-state index contributed by atoms with van der Waals surface area (Å²) in [6.45, 7) is 6.96. The lowest BCUT2D eigenvalue weighted by molar-refractivity contribution is -0.384. The molecule has 1 aromatic rings. The molecule has 18 heavy (non-hydrogen) atoms. The topological polar surface area (TPSA) is 71.3 Å². The van der Waals surface area contributed by atoms with Crippen LogP contribution in [0.15, 0.2) is 12.1 Å². The zero-order valence-corrected chi connectivity index (χ0v) is 11.3. The fourth-order valence-electron chi connectivity index (χ4n) is 1.80. The maximum atomic E-state index is 10.9. The monoisotopic (exact) mass is 252 g/mol. The van der Waals surface area contributed by atoms with E-state index < -0.39 is 4.92 Å². The molecule has 0 fully saturated rings. The number of nitrogens with one attached hydrogen (secondary N) is 1. The summed E-state index contributed by atoms with van der Waals surface area (Å²) in [5.74, 6) is 1.16. The Morgan fingerprint density at radius 1 is 1.50 bits per heavy atom. The van der Waals surface area contributed by atoms with Crippen molar-refractivity contribution in [2.75, 3.05) is 23.8 Å². The van der Waals surface area contributed by atoms with Gasteiger partial charge in [-0.25, -0.2) is 4.98 Å². The van der Waals surface area contributed by atoms with E-state index in [4.69, 9.17) is 0 Å². The summed E-state index contributed by atoms with van der Waals surface area (Å²) in [5.41, 5.74) is 0.0612. The number of pyridine rings is 1. The first-order chi connectivity index (χ1) is 8.53. The summed E-state index contributed by atoms with van der Waals surface area (Å²) < 4.78 is 0. The van der Waals surface area contributed by atoms with Crippen LogP contribution in [0.3, 0.4) is 0 Å². The smallest absolute Gasteiger partial charge is 0.276 e. The highest BCUT2D eigenvalue weighted by Gasteiger charge is 2.17. The lowest BCUT2D eigenvalue weighted by atomic mass is 10.2. The van der Waals surface area contributed by atoms with Crippen molar-refractivity contribution in [2.24, 2.45) is 0 Å². The Bertz CT molecular complexity index is 423. The van der Waals surface area contributed by atoms with Crippen LogP contribution in [-0.2, 0) is 0 Å². The van der Waals surface area contributed by atoms with Crippen molar-refractivity contribution in [3.05, 3.63) is 22.2 Å². The molecule has 6 nitrogen and oxygen atoms in total. The van der Waals surface area contributed by atoms with Gasteiger partial charge in [0.05, 0.1) is 17.1 Å². The number of rotatable bonds is 6. The highest BCUT2D eigenvalue weighted by atomic mass is 16.6. The van der Waals surface area contributed by atoms with Gasteiger partial charge in [0.15, 0.2) is 0 Å². The second-order valence-corrected chi connectivity index (χ2v) is 4.12. The summed E-state index contributed by atoms with van der Waals surface area (Å²) in [5, 5.41) is 13.8. The first-order valence-electron chi connectivity index (χ1n) is 6.14. The van der Waals surface area contributed by atoms with E-state index in [0.717, 1.165) is 13.0 Å². The molecule has 0 aliphatic carbocycles. The largest absolute Gasteiger partial charge is 0.373 e. The molecule has 0 aliphatic rings. The van der Waals surface area contributed by atoms with Gasteiger partial charge in [-0.2, -0.15) is 0 Å². The number of hydrogen-bond acceptors (Lipinski definition) is 5. The third-order valence-corrected chi connectivity index (χ3v) is 3.02. The van der Waals surface area contributed by atoms with Gasteiger partial charge in [0.2, 0.25) is 0 Å². The number of aromatic nitrogens is 1. The molecule has 0 spiro atoms.